The molecule has 0 bridgehead atoms. The topological polar surface area (TPSA) is 21.3 Å². The first-order valence-electron chi connectivity index (χ1n) is 5.89. The Morgan fingerprint density at radius 1 is 1.38 bits per heavy atom. The second-order valence-corrected chi connectivity index (χ2v) is 3.61. The average Bonchev–Trinajstić information content (AvgIpc) is 2.30. The fourth-order valence-electron chi connectivity index (χ4n) is 1.79. The van der Waals surface area contributed by atoms with E-state index in [0.717, 1.165) is 18.7 Å². The second-order valence-electron chi connectivity index (χ2n) is 3.61. The summed E-state index contributed by atoms with van der Waals surface area (Å²) >= 11 is 0. The van der Waals surface area contributed by atoms with Gasteiger partial charge in [0.05, 0.1) is 6.61 Å². The average molecular weight is 219 g/mol. The van der Waals surface area contributed by atoms with Crippen LogP contribution in [0.15, 0.2) is 36.9 Å². The third-order valence-corrected chi connectivity index (χ3v) is 2.45. The number of ether oxygens (including phenoxy) is 1. The molecule has 0 saturated carbocycles. The highest BCUT2D eigenvalue weighted by atomic mass is 16.5. The molecule has 0 aliphatic rings. The third kappa shape index (κ3) is 3.38. The normalized spacial score (nSPS) is 12.1. The van der Waals surface area contributed by atoms with E-state index in [0.29, 0.717) is 12.6 Å². The Morgan fingerprint density at radius 2 is 2.12 bits per heavy atom. The summed E-state index contributed by atoms with van der Waals surface area (Å²) in [5.74, 6) is 0.970. The van der Waals surface area contributed by atoms with Crippen LogP contribution in [0.4, 0.5) is 0 Å². The molecule has 2 heteroatoms. The molecule has 0 saturated heterocycles. The lowest BCUT2D eigenvalue weighted by molar-refractivity contribution is 0.331. The summed E-state index contributed by atoms with van der Waals surface area (Å²) in [6, 6.07) is 8.48. The molecular formula is C14H21NO. The highest BCUT2D eigenvalue weighted by Crippen LogP contribution is 2.27. The molecular weight excluding hydrogens is 198 g/mol. The van der Waals surface area contributed by atoms with E-state index in [-0.39, 0.29) is 0 Å². The van der Waals surface area contributed by atoms with E-state index in [1.165, 1.54) is 5.56 Å². The fourth-order valence-corrected chi connectivity index (χ4v) is 1.79. The molecule has 0 fully saturated rings. The number of hydrogen-bond donors (Lipinski definition) is 1. The molecule has 0 heterocycles. The molecule has 2 nitrogen and oxygen atoms in total. The van der Waals surface area contributed by atoms with Gasteiger partial charge in [-0.3, -0.25) is 0 Å². The zero-order valence-corrected chi connectivity index (χ0v) is 10.2. The smallest absolute Gasteiger partial charge is 0.124 e. The van der Waals surface area contributed by atoms with E-state index in [4.69, 9.17) is 4.74 Å². The standard InChI is InChI=1S/C14H21NO/c1-4-9-13(15-5-2)12-10-7-8-11-14(12)16-6-3/h4,7-8,10-11,13,15H,1,5-6,9H2,2-3H3. The van der Waals surface area contributed by atoms with Gasteiger partial charge in [0.2, 0.25) is 0 Å². The van der Waals surface area contributed by atoms with Crippen LogP contribution in [0.3, 0.4) is 0 Å². The molecule has 16 heavy (non-hydrogen) atoms. The Morgan fingerprint density at radius 3 is 2.75 bits per heavy atom. The maximum absolute atomic E-state index is 5.64. The number of benzene rings is 1. The minimum atomic E-state index is 0.297. The van der Waals surface area contributed by atoms with Crippen LogP contribution in [0, 0.1) is 0 Å². The molecule has 1 atom stereocenters. The van der Waals surface area contributed by atoms with Gasteiger partial charge in [0, 0.05) is 11.6 Å². The summed E-state index contributed by atoms with van der Waals surface area (Å²) in [7, 11) is 0. The van der Waals surface area contributed by atoms with Crippen molar-refractivity contribution in [3.05, 3.63) is 42.5 Å². The van der Waals surface area contributed by atoms with E-state index in [1.807, 2.05) is 31.2 Å². The minimum absolute atomic E-state index is 0.297. The lowest BCUT2D eigenvalue weighted by atomic mass is 10.0. The Hall–Kier alpha value is -1.28. The number of hydrogen-bond acceptors (Lipinski definition) is 2. The van der Waals surface area contributed by atoms with Gasteiger partial charge in [-0.05, 0) is 26.0 Å². The van der Waals surface area contributed by atoms with Crippen molar-refractivity contribution in [2.75, 3.05) is 13.2 Å². The van der Waals surface area contributed by atoms with Crippen LogP contribution in [0.5, 0.6) is 5.75 Å². The second kappa shape index (κ2) is 7.07. The highest BCUT2D eigenvalue weighted by Gasteiger charge is 2.12. The molecule has 0 spiro atoms. The molecule has 1 unspecified atom stereocenters. The zero-order valence-electron chi connectivity index (χ0n) is 10.2. The summed E-state index contributed by atoms with van der Waals surface area (Å²) in [5.41, 5.74) is 1.21. The van der Waals surface area contributed by atoms with Crippen molar-refractivity contribution < 1.29 is 4.74 Å². The molecule has 0 aromatic heterocycles. The van der Waals surface area contributed by atoms with Crippen LogP contribution < -0.4 is 10.1 Å². The summed E-state index contributed by atoms with van der Waals surface area (Å²) in [4.78, 5) is 0. The monoisotopic (exact) mass is 219 g/mol. The van der Waals surface area contributed by atoms with Gasteiger partial charge < -0.3 is 10.1 Å². The summed E-state index contributed by atoms with van der Waals surface area (Å²) in [6.45, 7) is 9.56. The summed E-state index contributed by atoms with van der Waals surface area (Å²) in [6.07, 6.45) is 2.86. The SMILES string of the molecule is C=CCC(NCC)c1ccccc1OCC. The van der Waals surface area contributed by atoms with Crippen molar-refractivity contribution in [2.24, 2.45) is 0 Å². The maximum Gasteiger partial charge on any atom is 0.124 e. The van der Waals surface area contributed by atoms with Gasteiger partial charge in [-0.1, -0.05) is 31.2 Å². The van der Waals surface area contributed by atoms with Crippen molar-refractivity contribution in [2.45, 2.75) is 26.3 Å². The third-order valence-electron chi connectivity index (χ3n) is 2.45. The molecule has 0 aliphatic heterocycles. The van der Waals surface area contributed by atoms with Crippen LogP contribution in [-0.2, 0) is 0 Å². The molecule has 1 aromatic carbocycles. The van der Waals surface area contributed by atoms with Crippen LogP contribution >= 0.6 is 0 Å². The van der Waals surface area contributed by atoms with Gasteiger partial charge in [-0.25, -0.2) is 0 Å². The molecule has 88 valence electrons. The van der Waals surface area contributed by atoms with Crippen LogP contribution in [0.25, 0.3) is 0 Å². The Bertz CT molecular complexity index is 322. The van der Waals surface area contributed by atoms with Crippen LogP contribution in [0.2, 0.25) is 0 Å². The quantitative estimate of drug-likeness (QED) is 0.710. The predicted molar refractivity (Wildman–Crippen MR) is 68.8 cm³/mol. The first-order valence-corrected chi connectivity index (χ1v) is 5.89. The highest BCUT2D eigenvalue weighted by molar-refractivity contribution is 5.36. The zero-order chi connectivity index (χ0) is 11.8. The minimum Gasteiger partial charge on any atom is -0.494 e. The van der Waals surface area contributed by atoms with Gasteiger partial charge in [0.15, 0.2) is 0 Å². The van der Waals surface area contributed by atoms with Gasteiger partial charge in [0.25, 0.3) is 0 Å². The largest absolute Gasteiger partial charge is 0.494 e. The van der Waals surface area contributed by atoms with E-state index >= 15 is 0 Å². The number of para-hydroxylation sites is 1. The van der Waals surface area contributed by atoms with Gasteiger partial charge >= 0.3 is 0 Å². The van der Waals surface area contributed by atoms with Gasteiger partial charge in [0.1, 0.15) is 5.75 Å². The summed E-state index contributed by atoms with van der Waals surface area (Å²) < 4.78 is 5.64. The Labute approximate surface area is 98.3 Å². The van der Waals surface area contributed by atoms with Gasteiger partial charge in [-0.15, -0.1) is 6.58 Å². The molecule has 0 amide bonds. The van der Waals surface area contributed by atoms with Crippen molar-refractivity contribution >= 4 is 0 Å². The van der Waals surface area contributed by atoms with E-state index in [2.05, 4.69) is 24.9 Å². The van der Waals surface area contributed by atoms with Gasteiger partial charge in [-0.2, -0.15) is 0 Å². The molecule has 1 aromatic rings. The lowest BCUT2D eigenvalue weighted by Crippen LogP contribution is -2.21. The summed E-state index contributed by atoms with van der Waals surface area (Å²) in [5, 5.41) is 3.45. The van der Waals surface area contributed by atoms with Crippen molar-refractivity contribution in [1.29, 1.82) is 0 Å². The maximum atomic E-state index is 5.64. The van der Waals surface area contributed by atoms with E-state index in [9.17, 15) is 0 Å². The van der Waals surface area contributed by atoms with Crippen molar-refractivity contribution in [3.8, 4) is 5.75 Å². The molecule has 1 rings (SSSR count). The number of rotatable bonds is 7. The van der Waals surface area contributed by atoms with E-state index < -0.39 is 0 Å². The lowest BCUT2D eigenvalue weighted by Gasteiger charge is -2.19. The van der Waals surface area contributed by atoms with Crippen LogP contribution in [-0.4, -0.2) is 13.2 Å². The fraction of sp³-hybridized carbons (Fsp3) is 0.429. The van der Waals surface area contributed by atoms with Crippen LogP contribution in [0.1, 0.15) is 31.9 Å². The molecule has 0 radical (unpaired) electrons. The Balaban J connectivity index is 2.92. The number of nitrogens with one attached hydrogen (secondary N) is 1. The first-order chi connectivity index (χ1) is 7.83. The first kappa shape index (κ1) is 12.8. The van der Waals surface area contributed by atoms with Crippen molar-refractivity contribution in [3.63, 3.8) is 0 Å². The molecule has 0 aliphatic carbocycles. The van der Waals surface area contributed by atoms with Crippen molar-refractivity contribution in [1.82, 2.24) is 5.32 Å². The predicted octanol–water partition coefficient (Wildman–Crippen LogP) is 3.31. The Kier molecular flexibility index (Phi) is 5.65. The van der Waals surface area contributed by atoms with E-state index in [1.54, 1.807) is 0 Å². The molecule has 1 N–H and O–H groups in total.